The molecule has 0 aromatic carbocycles. The smallest absolute Gasteiger partial charge is 0.460 e. The van der Waals surface area contributed by atoms with Gasteiger partial charge in [-0.3, -0.25) is 9.59 Å². The van der Waals surface area contributed by atoms with Crippen LogP contribution in [0.15, 0.2) is 0 Å². The molecule has 0 N–H and O–H groups in total. The van der Waals surface area contributed by atoms with Crippen molar-refractivity contribution < 1.29 is 45.1 Å². The van der Waals surface area contributed by atoms with E-state index < -0.39 is 36.4 Å². The summed E-state index contributed by atoms with van der Waals surface area (Å²) in [5, 5.41) is 0. The number of rotatable bonds is 7. The van der Waals surface area contributed by atoms with Gasteiger partial charge in [-0.2, -0.15) is 30.7 Å². The van der Waals surface area contributed by atoms with Crippen LogP contribution in [0.5, 0.6) is 0 Å². The lowest BCUT2D eigenvalue weighted by molar-refractivity contribution is -0.345. The van der Waals surface area contributed by atoms with Crippen LogP contribution in [0.4, 0.5) is 30.7 Å². The lowest BCUT2D eigenvalue weighted by atomic mass is 10.1. The van der Waals surface area contributed by atoms with E-state index in [0.717, 1.165) is 0 Å². The van der Waals surface area contributed by atoms with Crippen LogP contribution >= 0.6 is 0 Å². The summed E-state index contributed by atoms with van der Waals surface area (Å²) in [4.78, 5) is 22.0. The van der Waals surface area contributed by atoms with Crippen molar-refractivity contribution in [3.8, 4) is 0 Å². The Labute approximate surface area is 121 Å². The van der Waals surface area contributed by atoms with Gasteiger partial charge in [0.25, 0.3) is 5.91 Å². The number of hydrogen-bond acceptors (Lipinski definition) is 3. The first-order valence-electron chi connectivity index (χ1n) is 6.02. The molecular weight excluding hydrogens is 327 g/mol. The van der Waals surface area contributed by atoms with Gasteiger partial charge >= 0.3 is 24.0 Å². The van der Waals surface area contributed by atoms with Crippen molar-refractivity contribution in [3.63, 3.8) is 0 Å². The van der Waals surface area contributed by atoms with Gasteiger partial charge in [0, 0.05) is 7.05 Å². The Bertz CT molecular complexity index is 409. The van der Waals surface area contributed by atoms with Gasteiger partial charge in [0.15, 0.2) is 0 Å². The summed E-state index contributed by atoms with van der Waals surface area (Å²) in [6, 6.07) is 0. The standard InChI is InChI=1S/C11H14F7NO3/c1-3-4-5-22-7(20)6-19(2)8(21)9(12,13)10(14,15)11(16,17)18/h3-6H2,1-2H3. The number of hydrogen-bond donors (Lipinski definition) is 0. The Balaban J connectivity index is 4.90. The fraction of sp³-hybridized carbons (Fsp3) is 0.818. The van der Waals surface area contributed by atoms with Gasteiger partial charge in [0.1, 0.15) is 6.54 Å². The number of likely N-dealkylation sites (N-methyl/N-ethyl adjacent to an activating group) is 1. The highest BCUT2D eigenvalue weighted by atomic mass is 19.4. The molecule has 0 aliphatic rings. The molecule has 0 saturated heterocycles. The number of halogens is 7. The topological polar surface area (TPSA) is 46.6 Å². The molecule has 0 rings (SSSR count). The number of amides is 1. The zero-order valence-electron chi connectivity index (χ0n) is 11.6. The normalized spacial score (nSPS) is 13.0. The molecule has 0 atom stereocenters. The molecule has 11 heteroatoms. The molecular formula is C11H14F7NO3. The number of carbonyl (C=O) groups is 2. The quantitative estimate of drug-likeness (QED) is 0.406. The van der Waals surface area contributed by atoms with Crippen molar-refractivity contribution in [3.05, 3.63) is 0 Å². The summed E-state index contributed by atoms with van der Waals surface area (Å²) in [6.45, 7) is 0.488. The van der Waals surface area contributed by atoms with Gasteiger partial charge < -0.3 is 9.64 Å². The summed E-state index contributed by atoms with van der Waals surface area (Å²) >= 11 is 0. The van der Waals surface area contributed by atoms with Crippen LogP contribution < -0.4 is 0 Å². The van der Waals surface area contributed by atoms with Gasteiger partial charge in [0.05, 0.1) is 6.61 Å². The molecule has 0 fully saturated rings. The molecule has 22 heavy (non-hydrogen) atoms. The Morgan fingerprint density at radius 3 is 1.95 bits per heavy atom. The van der Waals surface area contributed by atoms with Crippen LogP contribution in [0.2, 0.25) is 0 Å². The van der Waals surface area contributed by atoms with Gasteiger partial charge in [-0.25, -0.2) is 0 Å². The van der Waals surface area contributed by atoms with Crippen LogP contribution in [0.25, 0.3) is 0 Å². The third-order valence-corrected chi connectivity index (χ3v) is 2.49. The lowest BCUT2D eigenvalue weighted by Gasteiger charge is -2.29. The van der Waals surface area contributed by atoms with Crippen LogP contribution in [0, 0.1) is 0 Å². The molecule has 4 nitrogen and oxygen atoms in total. The molecule has 0 bridgehead atoms. The first kappa shape index (κ1) is 20.5. The number of carbonyl (C=O) groups excluding carboxylic acids is 2. The highest BCUT2D eigenvalue weighted by molar-refractivity contribution is 5.87. The molecule has 0 radical (unpaired) electrons. The summed E-state index contributed by atoms with van der Waals surface area (Å²) in [5.74, 6) is -16.6. The van der Waals surface area contributed by atoms with Gasteiger partial charge in [-0.05, 0) is 6.42 Å². The number of nitrogens with zero attached hydrogens (tertiary/aromatic N) is 1. The van der Waals surface area contributed by atoms with Gasteiger partial charge in [-0.15, -0.1) is 0 Å². The number of alkyl halides is 7. The van der Waals surface area contributed by atoms with Gasteiger partial charge in [0.2, 0.25) is 0 Å². The van der Waals surface area contributed by atoms with Gasteiger partial charge in [-0.1, -0.05) is 13.3 Å². The van der Waals surface area contributed by atoms with E-state index in [2.05, 4.69) is 4.74 Å². The van der Waals surface area contributed by atoms with Crippen molar-refractivity contribution in [1.82, 2.24) is 4.90 Å². The summed E-state index contributed by atoms with van der Waals surface area (Å²) in [7, 11) is 0.490. The predicted molar refractivity (Wildman–Crippen MR) is 59.5 cm³/mol. The Hall–Kier alpha value is -1.55. The van der Waals surface area contributed by atoms with E-state index in [9.17, 15) is 40.3 Å². The van der Waals surface area contributed by atoms with Crippen LogP contribution in [-0.2, 0) is 14.3 Å². The maximum Gasteiger partial charge on any atom is 0.460 e. The summed E-state index contributed by atoms with van der Waals surface area (Å²) < 4.78 is 91.8. The minimum atomic E-state index is -6.62. The van der Waals surface area contributed by atoms with Crippen molar-refractivity contribution in [2.75, 3.05) is 20.2 Å². The van der Waals surface area contributed by atoms with E-state index >= 15 is 0 Å². The zero-order valence-corrected chi connectivity index (χ0v) is 11.6. The zero-order chi connectivity index (χ0) is 17.8. The molecule has 0 aliphatic heterocycles. The second kappa shape index (κ2) is 7.14. The lowest BCUT2D eigenvalue weighted by Crippen LogP contribution is -2.60. The third-order valence-electron chi connectivity index (χ3n) is 2.49. The predicted octanol–water partition coefficient (Wildman–Crippen LogP) is 2.62. The van der Waals surface area contributed by atoms with E-state index in [-0.39, 0.29) is 11.5 Å². The van der Waals surface area contributed by atoms with Crippen LogP contribution in [0.1, 0.15) is 19.8 Å². The van der Waals surface area contributed by atoms with Crippen LogP contribution in [0.3, 0.4) is 0 Å². The molecule has 0 heterocycles. The molecule has 0 saturated carbocycles. The maximum atomic E-state index is 13.1. The molecule has 0 aromatic rings. The summed E-state index contributed by atoms with van der Waals surface area (Å²) in [6.07, 6.45) is -5.54. The van der Waals surface area contributed by atoms with E-state index in [1.807, 2.05) is 0 Å². The molecule has 0 aromatic heterocycles. The Morgan fingerprint density at radius 1 is 1.05 bits per heavy atom. The Kier molecular flexibility index (Phi) is 6.64. The molecule has 130 valence electrons. The average molecular weight is 341 g/mol. The van der Waals surface area contributed by atoms with E-state index in [1.54, 1.807) is 6.92 Å². The third kappa shape index (κ3) is 4.47. The molecule has 0 unspecified atom stereocenters. The number of unbranched alkanes of at least 4 members (excludes halogenated alkanes) is 1. The highest BCUT2D eigenvalue weighted by Crippen LogP contribution is 2.47. The van der Waals surface area contributed by atoms with Crippen molar-refractivity contribution in [1.29, 1.82) is 0 Å². The highest BCUT2D eigenvalue weighted by Gasteiger charge is 2.76. The van der Waals surface area contributed by atoms with E-state index in [0.29, 0.717) is 19.9 Å². The fourth-order valence-corrected chi connectivity index (χ4v) is 1.19. The first-order chi connectivity index (χ1) is 9.79. The van der Waals surface area contributed by atoms with Crippen molar-refractivity contribution in [2.45, 2.75) is 37.8 Å². The second-order valence-electron chi connectivity index (χ2n) is 4.38. The minimum absolute atomic E-state index is 0.0908. The second-order valence-corrected chi connectivity index (χ2v) is 4.38. The largest absolute Gasteiger partial charge is 0.464 e. The van der Waals surface area contributed by atoms with Crippen LogP contribution in [-0.4, -0.2) is 55.0 Å². The number of esters is 1. The minimum Gasteiger partial charge on any atom is -0.464 e. The summed E-state index contributed by atoms with van der Waals surface area (Å²) in [5.41, 5.74) is 0. The van der Waals surface area contributed by atoms with E-state index in [1.165, 1.54) is 0 Å². The number of ether oxygens (including phenoxy) is 1. The molecule has 0 spiro atoms. The van der Waals surface area contributed by atoms with E-state index in [4.69, 9.17) is 0 Å². The Morgan fingerprint density at radius 2 is 1.55 bits per heavy atom. The molecule has 1 amide bonds. The van der Waals surface area contributed by atoms with Crippen molar-refractivity contribution in [2.24, 2.45) is 0 Å². The fourth-order valence-electron chi connectivity index (χ4n) is 1.19. The molecule has 0 aliphatic carbocycles. The first-order valence-corrected chi connectivity index (χ1v) is 6.02. The average Bonchev–Trinajstić information content (AvgIpc) is 2.36. The SMILES string of the molecule is CCCCOC(=O)CN(C)C(=O)C(F)(F)C(F)(F)C(F)(F)F. The monoisotopic (exact) mass is 341 g/mol. The van der Waals surface area contributed by atoms with Crippen molar-refractivity contribution >= 4 is 11.9 Å². The maximum absolute atomic E-state index is 13.1.